The fraction of sp³-hybridized carbons (Fsp3) is 0.300. The van der Waals surface area contributed by atoms with E-state index in [9.17, 15) is 9.18 Å². The van der Waals surface area contributed by atoms with Crippen molar-refractivity contribution in [3.05, 3.63) is 45.4 Å². The summed E-state index contributed by atoms with van der Waals surface area (Å²) in [6.45, 7) is 4.32. The van der Waals surface area contributed by atoms with Crippen molar-refractivity contribution in [1.82, 2.24) is 4.98 Å². The minimum Gasteiger partial charge on any atom is -0.490 e. The molecule has 3 aromatic rings. The first kappa shape index (κ1) is 21.2. The molecule has 1 fully saturated rings. The third-order valence-electron chi connectivity index (χ3n) is 4.47. The van der Waals surface area contributed by atoms with Gasteiger partial charge in [-0.2, -0.15) is 0 Å². The van der Waals surface area contributed by atoms with E-state index in [1.165, 1.54) is 17.4 Å². The number of halogens is 2. The van der Waals surface area contributed by atoms with E-state index in [0.717, 1.165) is 3.57 Å². The Kier molecular flexibility index (Phi) is 5.84. The van der Waals surface area contributed by atoms with E-state index in [1.807, 2.05) is 36.4 Å². The molecule has 2 aromatic heterocycles. The Bertz CT molecular complexity index is 1120. The largest absolute Gasteiger partial charge is 0.490 e. The van der Waals surface area contributed by atoms with Gasteiger partial charge in [-0.25, -0.2) is 9.37 Å². The molecule has 10 heteroatoms. The van der Waals surface area contributed by atoms with Gasteiger partial charge in [0.2, 0.25) is 0 Å². The molecule has 0 aliphatic carbocycles. The number of amides is 1. The Morgan fingerprint density at radius 2 is 2.27 bits per heavy atom. The summed E-state index contributed by atoms with van der Waals surface area (Å²) in [7, 11) is 0. The van der Waals surface area contributed by atoms with Crippen molar-refractivity contribution < 1.29 is 23.4 Å². The number of nitrogens with one attached hydrogen (secondary N) is 1. The molecule has 3 heterocycles. The number of ether oxygens (including phenoxy) is 3. The zero-order chi connectivity index (χ0) is 21.5. The number of hydrogen-bond donors (Lipinski definition) is 2. The van der Waals surface area contributed by atoms with Crippen LogP contribution < -0.4 is 15.8 Å². The molecule has 3 N–H and O–H groups in total. The van der Waals surface area contributed by atoms with Gasteiger partial charge in [0.25, 0.3) is 5.91 Å². The number of primary amides is 1. The summed E-state index contributed by atoms with van der Waals surface area (Å²) in [6.07, 6.45) is 1.35. The molecule has 1 atom stereocenters. The van der Waals surface area contributed by atoms with Crippen LogP contribution in [0.15, 0.2) is 30.5 Å². The van der Waals surface area contributed by atoms with Gasteiger partial charge in [0, 0.05) is 9.77 Å². The molecule has 0 saturated carbocycles. The van der Waals surface area contributed by atoms with Crippen LogP contribution in [0.5, 0.6) is 5.75 Å². The lowest BCUT2D eigenvalue weighted by Gasteiger charge is -2.17. The number of hydrogen-bond acceptors (Lipinski definition) is 7. The van der Waals surface area contributed by atoms with Gasteiger partial charge in [-0.15, -0.1) is 0 Å². The van der Waals surface area contributed by atoms with Crippen LogP contribution in [0.3, 0.4) is 0 Å². The number of nitrogens with zero attached hydrogens (tertiary/aromatic N) is 1. The zero-order valence-corrected chi connectivity index (χ0v) is 19.2. The van der Waals surface area contributed by atoms with Crippen molar-refractivity contribution in [2.45, 2.75) is 25.7 Å². The van der Waals surface area contributed by atoms with Crippen molar-refractivity contribution >= 4 is 60.7 Å². The smallest absolute Gasteiger partial charge is 0.252 e. The van der Waals surface area contributed by atoms with Crippen LogP contribution in [-0.2, 0) is 9.47 Å². The Balaban J connectivity index is 1.67. The topological polar surface area (TPSA) is 95.7 Å². The molecule has 1 aliphatic heterocycles. The van der Waals surface area contributed by atoms with Gasteiger partial charge in [0.1, 0.15) is 34.1 Å². The van der Waals surface area contributed by atoms with E-state index in [1.54, 1.807) is 24.4 Å². The van der Waals surface area contributed by atoms with E-state index in [-0.39, 0.29) is 24.0 Å². The van der Waals surface area contributed by atoms with Crippen LogP contribution in [-0.4, -0.2) is 36.0 Å². The zero-order valence-electron chi connectivity index (χ0n) is 16.2. The number of aromatic nitrogens is 1. The quantitative estimate of drug-likeness (QED) is 0.448. The highest BCUT2D eigenvalue weighted by Crippen LogP contribution is 2.41. The number of fused-ring (bicyclic) bond motifs is 1. The molecular weight excluding hydrogens is 524 g/mol. The van der Waals surface area contributed by atoms with Crippen molar-refractivity contribution in [3.8, 4) is 5.75 Å². The Morgan fingerprint density at radius 1 is 1.47 bits per heavy atom. The number of thiophene rings is 1. The molecular formula is C20H19FIN3O4S. The first-order valence-electron chi connectivity index (χ1n) is 9.11. The summed E-state index contributed by atoms with van der Waals surface area (Å²) in [5, 5.41) is 3.87. The maximum Gasteiger partial charge on any atom is 0.252 e. The predicted molar refractivity (Wildman–Crippen MR) is 121 cm³/mol. The van der Waals surface area contributed by atoms with Crippen LogP contribution in [0.25, 0.3) is 10.2 Å². The highest BCUT2D eigenvalue weighted by Gasteiger charge is 2.33. The number of benzene rings is 1. The Labute approximate surface area is 189 Å². The highest BCUT2D eigenvalue weighted by molar-refractivity contribution is 14.1. The van der Waals surface area contributed by atoms with E-state index in [4.69, 9.17) is 19.9 Å². The Morgan fingerprint density at radius 3 is 2.93 bits per heavy atom. The second-order valence-electron chi connectivity index (χ2n) is 7.17. The summed E-state index contributed by atoms with van der Waals surface area (Å²) in [5.41, 5.74) is 6.12. The van der Waals surface area contributed by atoms with E-state index in [0.29, 0.717) is 27.6 Å². The average molecular weight is 543 g/mol. The first-order valence-corrected chi connectivity index (χ1v) is 11.0. The SMILES string of the molecule is CC1(C)OCC(COc2ccnc3sc(Nc4ccc(I)cc4F)c(C(N)=O)c23)O1. The predicted octanol–water partition coefficient (Wildman–Crippen LogP) is 4.41. The third kappa shape index (κ3) is 4.36. The minimum absolute atomic E-state index is 0.208. The number of pyridine rings is 1. The summed E-state index contributed by atoms with van der Waals surface area (Å²) >= 11 is 3.23. The summed E-state index contributed by atoms with van der Waals surface area (Å²) < 4.78 is 32.3. The minimum atomic E-state index is -0.658. The Hall–Kier alpha value is -2.02. The highest BCUT2D eigenvalue weighted by atomic mass is 127. The molecule has 1 aromatic carbocycles. The molecule has 1 unspecified atom stereocenters. The van der Waals surface area contributed by atoms with Gasteiger partial charge >= 0.3 is 0 Å². The lowest BCUT2D eigenvalue weighted by atomic mass is 10.1. The molecule has 4 rings (SSSR count). The van der Waals surface area contributed by atoms with Crippen molar-refractivity contribution in [3.63, 3.8) is 0 Å². The second kappa shape index (κ2) is 8.25. The van der Waals surface area contributed by atoms with Crippen molar-refractivity contribution in [2.24, 2.45) is 5.73 Å². The van der Waals surface area contributed by atoms with Gasteiger partial charge < -0.3 is 25.3 Å². The molecule has 1 saturated heterocycles. The maximum absolute atomic E-state index is 14.3. The summed E-state index contributed by atoms with van der Waals surface area (Å²) in [6, 6.07) is 6.44. The fourth-order valence-corrected chi connectivity index (χ4v) is 4.71. The molecule has 1 amide bonds. The van der Waals surface area contributed by atoms with Gasteiger partial charge in [-0.3, -0.25) is 4.79 Å². The molecule has 1 aliphatic rings. The van der Waals surface area contributed by atoms with Crippen LogP contribution in [0, 0.1) is 9.39 Å². The normalized spacial score (nSPS) is 17.9. The van der Waals surface area contributed by atoms with E-state index < -0.39 is 17.5 Å². The van der Waals surface area contributed by atoms with Gasteiger partial charge in [-0.05, 0) is 60.7 Å². The van der Waals surface area contributed by atoms with Crippen LogP contribution in [0.1, 0.15) is 24.2 Å². The molecule has 30 heavy (non-hydrogen) atoms. The molecule has 0 bridgehead atoms. The van der Waals surface area contributed by atoms with E-state index >= 15 is 0 Å². The molecule has 0 radical (unpaired) electrons. The third-order valence-corrected chi connectivity index (χ3v) is 6.16. The average Bonchev–Trinajstić information content (AvgIpc) is 3.21. The second-order valence-corrected chi connectivity index (χ2v) is 9.42. The monoisotopic (exact) mass is 543 g/mol. The summed E-state index contributed by atoms with van der Waals surface area (Å²) in [4.78, 5) is 17.2. The molecule has 0 spiro atoms. The van der Waals surface area contributed by atoms with Gasteiger partial charge in [0.05, 0.1) is 23.2 Å². The van der Waals surface area contributed by atoms with Gasteiger partial charge in [0.15, 0.2) is 5.79 Å². The maximum atomic E-state index is 14.3. The fourth-order valence-electron chi connectivity index (χ4n) is 3.18. The molecule has 158 valence electrons. The van der Waals surface area contributed by atoms with Crippen LogP contribution in [0.4, 0.5) is 15.1 Å². The number of nitrogens with two attached hydrogens (primary N) is 1. The standard InChI is InChI=1S/C20H19FIN3O4S/c1-20(2)28-9-11(29-20)8-27-14-5-6-24-18-15(14)16(17(23)26)19(30-18)25-13-4-3-10(22)7-12(13)21/h3-7,11,25H,8-9H2,1-2H3,(H2,23,26). The van der Waals surface area contributed by atoms with Crippen molar-refractivity contribution in [1.29, 1.82) is 0 Å². The first-order chi connectivity index (χ1) is 14.2. The van der Waals surface area contributed by atoms with Crippen LogP contribution >= 0.6 is 33.9 Å². The number of carbonyl (C=O) groups excluding carboxylic acids is 1. The van der Waals surface area contributed by atoms with Gasteiger partial charge in [-0.1, -0.05) is 11.3 Å². The number of rotatable bonds is 6. The number of carbonyl (C=O) groups is 1. The lowest BCUT2D eigenvalue weighted by molar-refractivity contribution is -0.141. The van der Waals surface area contributed by atoms with Crippen molar-refractivity contribution in [2.75, 3.05) is 18.5 Å². The molecule has 7 nitrogen and oxygen atoms in total. The number of anilines is 2. The summed E-state index contributed by atoms with van der Waals surface area (Å²) in [5.74, 6) is -1.29. The van der Waals surface area contributed by atoms with Crippen LogP contribution in [0.2, 0.25) is 0 Å². The lowest BCUT2D eigenvalue weighted by Crippen LogP contribution is -2.25. The van der Waals surface area contributed by atoms with E-state index in [2.05, 4.69) is 10.3 Å².